The predicted octanol–water partition coefficient (Wildman–Crippen LogP) is -0.0976. The zero-order valence-electron chi connectivity index (χ0n) is 7.06. The Morgan fingerprint density at radius 2 is 2.25 bits per heavy atom. The molecular weight excluding hydrogens is 178 g/mol. The highest BCUT2D eigenvalue weighted by Crippen LogP contribution is 2.05. The van der Waals surface area contributed by atoms with Gasteiger partial charge in [0, 0.05) is 6.04 Å². The van der Waals surface area contributed by atoms with E-state index in [1.54, 1.807) is 11.8 Å². The molecule has 0 radical (unpaired) electrons. The molecule has 4 nitrogen and oxygen atoms in total. The van der Waals surface area contributed by atoms with Crippen molar-refractivity contribution in [2.75, 3.05) is 11.5 Å². The van der Waals surface area contributed by atoms with E-state index in [1.807, 2.05) is 6.92 Å². The highest BCUT2D eigenvalue weighted by Gasteiger charge is 2.21. The minimum absolute atomic E-state index is 0.534. The minimum atomic E-state index is -1.43. The lowest BCUT2D eigenvalue weighted by atomic mass is 10.1. The number of aliphatic carboxylic acids is 1. The zero-order chi connectivity index (χ0) is 9.56. The van der Waals surface area contributed by atoms with Crippen molar-refractivity contribution in [2.45, 2.75) is 25.5 Å². The molecule has 1 unspecified atom stereocenters. The Bertz CT molecular complexity index is 143. The summed E-state index contributed by atoms with van der Waals surface area (Å²) in [5.41, 5.74) is 5.41. The van der Waals surface area contributed by atoms with Gasteiger partial charge in [-0.1, -0.05) is 6.92 Å². The van der Waals surface area contributed by atoms with Gasteiger partial charge in [0.05, 0.1) is 0 Å². The maximum Gasteiger partial charge on any atom is 0.334 e. The quantitative estimate of drug-likeness (QED) is 0.513. The molecule has 0 saturated carbocycles. The molecule has 0 aliphatic heterocycles. The van der Waals surface area contributed by atoms with Gasteiger partial charge in [-0.3, -0.25) is 0 Å². The second-order valence-electron chi connectivity index (χ2n) is 2.43. The summed E-state index contributed by atoms with van der Waals surface area (Å²) < 4.78 is 0. The van der Waals surface area contributed by atoms with E-state index < -0.39 is 18.1 Å². The van der Waals surface area contributed by atoms with Crippen LogP contribution in [0.15, 0.2) is 0 Å². The average Bonchev–Trinajstić information content (AvgIpc) is 2.03. The molecule has 0 saturated heterocycles. The molecule has 5 heteroatoms. The normalized spacial score (nSPS) is 15.6. The fourth-order valence-electron chi connectivity index (χ4n) is 0.705. The van der Waals surface area contributed by atoms with Crippen molar-refractivity contribution in [3.8, 4) is 0 Å². The molecule has 0 amide bonds. The van der Waals surface area contributed by atoms with Gasteiger partial charge in [0.2, 0.25) is 0 Å². The molecule has 0 bridgehead atoms. The third-order valence-electron chi connectivity index (χ3n) is 1.46. The second-order valence-corrected chi connectivity index (χ2v) is 3.83. The summed E-state index contributed by atoms with van der Waals surface area (Å²) in [6, 6.07) is -0.651. The van der Waals surface area contributed by atoms with Gasteiger partial charge in [0.25, 0.3) is 0 Å². The van der Waals surface area contributed by atoms with E-state index >= 15 is 0 Å². The van der Waals surface area contributed by atoms with Gasteiger partial charge in [0.1, 0.15) is 0 Å². The Balaban J connectivity index is 3.56. The third kappa shape index (κ3) is 4.58. The number of thioether (sulfide) groups is 1. The number of aliphatic hydroxyl groups is 1. The molecule has 0 rings (SSSR count). The number of hydrogen-bond donors (Lipinski definition) is 3. The second kappa shape index (κ2) is 6.28. The highest BCUT2D eigenvalue weighted by atomic mass is 32.2. The van der Waals surface area contributed by atoms with Crippen LogP contribution in [0.25, 0.3) is 0 Å². The molecule has 0 aromatic rings. The van der Waals surface area contributed by atoms with Gasteiger partial charge < -0.3 is 15.9 Å². The first-order valence-corrected chi connectivity index (χ1v) is 4.99. The SMILES string of the molecule is CCSCCC(N)[C@@H](O)C(=O)O. The number of nitrogens with two attached hydrogens (primary N) is 1. The predicted molar refractivity (Wildman–Crippen MR) is 49.2 cm³/mol. The summed E-state index contributed by atoms with van der Waals surface area (Å²) >= 11 is 1.68. The van der Waals surface area contributed by atoms with E-state index in [0.717, 1.165) is 11.5 Å². The minimum Gasteiger partial charge on any atom is -0.479 e. The van der Waals surface area contributed by atoms with Crippen LogP contribution in [0.5, 0.6) is 0 Å². The van der Waals surface area contributed by atoms with Crippen LogP contribution < -0.4 is 5.73 Å². The monoisotopic (exact) mass is 193 g/mol. The number of hydrogen-bond acceptors (Lipinski definition) is 4. The maximum atomic E-state index is 10.2. The summed E-state index contributed by atoms with van der Waals surface area (Å²) in [6.07, 6.45) is -0.895. The molecule has 0 aliphatic rings. The largest absolute Gasteiger partial charge is 0.479 e. The molecular formula is C7H15NO3S. The molecule has 0 spiro atoms. The topological polar surface area (TPSA) is 83.5 Å². The van der Waals surface area contributed by atoms with Crippen LogP contribution in [0.1, 0.15) is 13.3 Å². The molecule has 0 heterocycles. The van der Waals surface area contributed by atoms with Crippen molar-refractivity contribution in [3.63, 3.8) is 0 Å². The van der Waals surface area contributed by atoms with Crippen LogP contribution in [0.3, 0.4) is 0 Å². The summed E-state index contributed by atoms with van der Waals surface area (Å²) in [5, 5.41) is 17.3. The molecule has 0 fully saturated rings. The lowest BCUT2D eigenvalue weighted by Crippen LogP contribution is -2.40. The summed E-state index contributed by atoms with van der Waals surface area (Å²) in [7, 11) is 0. The van der Waals surface area contributed by atoms with E-state index in [9.17, 15) is 4.79 Å². The van der Waals surface area contributed by atoms with Gasteiger partial charge in [-0.15, -0.1) is 0 Å². The van der Waals surface area contributed by atoms with Crippen LogP contribution in [0.4, 0.5) is 0 Å². The fraction of sp³-hybridized carbons (Fsp3) is 0.857. The van der Waals surface area contributed by atoms with E-state index in [1.165, 1.54) is 0 Å². The first kappa shape index (κ1) is 11.7. The standard InChI is InChI=1S/C7H15NO3S/c1-2-12-4-3-5(8)6(9)7(10)11/h5-6,9H,2-4,8H2,1H3,(H,10,11)/t5?,6-/m1/s1. The van der Waals surface area contributed by atoms with Gasteiger partial charge in [0.15, 0.2) is 6.10 Å². The van der Waals surface area contributed by atoms with E-state index in [2.05, 4.69) is 0 Å². The lowest BCUT2D eigenvalue weighted by Gasteiger charge is -2.13. The van der Waals surface area contributed by atoms with Crippen molar-refractivity contribution < 1.29 is 15.0 Å². The highest BCUT2D eigenvalue weighted by molar-refractivity contribution is 7.99. The van der Waals surface area contributed by atoms with Gasteiger partial charge in [-0.05, 0) is 17.9 Å². The first-order valence-electron chi connectivity index (χ1n) is 3.83. The van der Waals surface area contributed by atoms with E-state index in [0.29, 0.717) is 6.42 Å². The molecule has 12 heavy (non-hydrogen) atoms. The number of aliphatic hydroxyl groups excluding tert-OH is 1. The summed E-state index contributed by atoms with van der Waals surface area (Å²) in [5.74, 6) is 0.529. The Hall–Kier alpha value is -0.260. The molecule has 72 valence electrons. The average molecular weight is 193 g/mol. The van der Waals surface area contributed by atoms with Crippen molar-refractivity contribution in [1.29, 1.82) is 0 Å². The van der Waals surface area contributed by atoms with Crippen LogP contribution in [0.2, 0.25) is 0 Å². The van der Waals surface area contributed by atoms with Crippen LogP contribution in [-0.2, 0) is 4.79 Å². The molecule has 0 aliphatic carbocycles. The van der Waals surface area contributed by atoms with Gasteiger partial charge >= 0.3 is 5.97 Å². The molecule has 0 aromatic carbocycles. The first-order chi connectivity index (χ1) is 5.59. The molecule has 4 N–H and O–H groups in total. The zero-order valence-corrected chi connectivity index (χ0v) is 7.88. The summed E-state index contributed by atoms with van der Waals surface area (Å²) in [6.45, 7) is 2.02. The lowest BCUT2D eigenvalue weighted by molar-refractivity contribution is -0.147. The van der Waals surface area contributed by atoms with Crippen LogP contribution in [-0.4, -0.2) is 39.8 Å². The smallest absolute Gasteiger partial charge is 0.334 e. The van der Waals surface area contributed by atoms with Crippen molar-refractivity contribution in [2.24, 2.45) is 5.73 Å². The van der Waals surface area contributed by atoms with Crippen molar-refractivity contribution in [1.82, 2.24) is 0 Å². The third-order valence-corrected chi connectivity index (χ3v) is 2.39. The Labute approximate surface area is 76.1 Å². The van der Waals surface area contributed by atoms with E-state index in [-0.39, 0.29) is 0 Å². The Morgan fingerprint density at radius 3 is 2.67 bits per heavy atom. The fourth-order valence-corrected chi connectivity index (χ4v) is 1.43. The maximum absolute atomic E-state index is 10.2. The summed E-state index contributed by atoms with van der Waals surface area (Å²) in [4.78, 5) is 10.2. The van der Waals surface area contributed by atoms with Crippen LogP contribution >= 0.6 is 11.8 Å². The van der Waals surface area contributed by atoms with E-state index in [4.69, 9.17) is 15.9 Å². The van der Waals surface area contributed by atoms with Crippen molar-refractivity contribution >= 4 is 17.7 Å². The van der Waals surface area contributed by atoms with Crippen molar-refractivity contribution in [3.05, 3.63) is 0 Å². The molecule has 0 aromatic heterocycles. The van der Waals surface area contributed by atoms with Gasteiger partial charge in [-0.25, -0.2) is 4.79 Å². The Morgan fingerprint density at radius 1 is 1.67 bits per heavy atom. The molecule has 2 atom stereocenters. The van der Waals surface area contributed by atoms with Crippen LogP contribution in [0, 0.1) is 0 Å². The number of rotatable bonds is 6. The van der Waals surface area contributed by atoms with Gasteiger partial charge in [-0.2, -0.15) is 11.8 Å². The Kier molecular flexibility index (Phi) is 6.14. The number of carbonyl (C=O) groups is 1. The number of carboxylic acid groups (broad SMARTS) is 1. The number of carboxylic acids is 1.